The molecular weight excluding hydrogens is 436 g/mol. The van der Waals surface area contributed by atoms with Crippen molar-refractivity contribution >= 4 is 27.5 Å². The summed E-state index contributed by atoms with van der Waals surface area (Å²) in [4.78, 5) is 0. The maximum absolute atomic E-state index is 2.78. The number of hydrogen-bond acceptors (Lipinski definition) is 0. The van der Waals surface area contributed by atoms with E-state index in [4.69, 9.17) is 0 Å². The first kappa shape index (κ1) is 25.3. The van der Waals surface area contributed by atoms with Crippen LogP contribution in [0.2, 0.25) is 0 Å². The summed E-state index contributed by atoms with van der Waals surface area (Å²) in [6.45, 7) is 19.4. The highest BCUT2D eigenvalue weighted by Gasteiger charge is 2.59. The average molecular weight is 484 g/mol. The minimum atomic E-state index is -0.0148. The highest BCUT2D eigenvalue weighted by atomic mass is 15.2. The summed E-state index contributed by atoms with van der Waals surface area (Å²) in [6.07, 6.45) is 10.9. The van der Waals surface area contributed by atoms with E-state index >= 15 is 0 Å². The topological polar surface area (TPSA) is 8.29 Å². The summed E-state index contributed by atoms with van der Waals surface area (Å²) >= 11 is 0. The summed E-state index contributed by atoms with van der Waals surface area (Å²) < 4.78 is 5.30. The van der Waals surface area contributed by atoms with Gasteiger partial charge in [0.05, 0.1) is 11.6 Å². The summed E-state index contributed by atoms with van der Waals surface area (Å²) in [5.41, 5.74) is 7.41. The molecule has 5 rings (SSSR count). The molecule has 3 heterocycles. The molecule has 2 atom stereocenters. The number of fused-ring (bicyclic) bond motifs is 3. The van der Waals surface area contributed by atoms with Gasteiger partial charge in [-0.2, -0.15) is 4.40 Å². The fraction of sp³-hybridized carbons (Fsp3) is 0.559. The van der Waals surface area contributed by atoms with E-state index < -0.39 is 0 Å². The summed E-state index contributed by atoms with van der Waals surface area (Å²) in [6, 6.07) is 16.8. The number of hydrogen-bond donors (Lipinski definition) is 0. The van der Waals surface area contributed by atoms with Crippen molar-refractivity contribution in [3.05, 3.63) is 59.8 Å². The lowest BCUT2D eigenvalue weighted by Crippen LogP contribution is -2.70. The van der Waals surface area contributed by atoms with Crippen LogP contribution in [0.15, 0.2) is 48.7 Å². The summed E-state index contributed by atoms with van der Waals surface area (Å²) in [5, 5.41) is 2.83. The molecule has 0 spiro atoms. The van der Waals surface area contributed by atoms with Crippen LogP contribution in [0.25, 0.3) is 27.5 Å². The number of pyridine rings is 1. The molecule has 0 saturated carbocycles. The van der Waals surface area contributed by atoms with Crippen molar-refractivity contribution in [2.75, 3.05) is 0 Å². The number of imidazole rings is 1. The second-order valence-corrected chi connectivity index (χ2v) is 12.4. The van der Waals surface area contributed by atoms with Gasteiger partial charge in [-0.1, -0.05) is 92.0 Å². The minimum absolute atomic E-state index is 0.0148. The Balaban J connectivity index is 1.90. The summed E-state index contributed by atoms with van der Waals surface area (Å²) in [5.74, 6) is 0.547. The third kappa shape index (κ3) is 3.18. The SMILES string of the molecule is CCCCCC(C)(C)c1ccc2c(c1)n1ccc3cccc4c3c1[n+]2C(C)(C(C)CC)C4(CC)CC. The average Bonchev–Trinajstić information content (AvgIpc) is 3.23. The third-order valence-electron chi connectivity index (χ3n) is 10.6. The van der Waals surface area contributed by atoms with E-state index in [0.717, 1.165) is 12.8 Å². The first-order valence-corrected chi connectivity index (χ1v) is 14.6. The molecule has 192 valence electrons. The van der Waals surface area contributed by atoms with Crippen molar-refractivity contribution in [1.82, 2.24) is 4.40 Å². The normalized spacial score (nSPS) is 20.1. The first-order chi connectivity index (χ1) is 17.2. The van der Waals surface area contributed by atoms with E-state index in [9.17, 15) is 0 Å². The number of unbranched alkanes of at least 4 members (excludes halogenated alkanes) is 2. The molecule has 0 saturated heterocycles. The van der Waals surface area contributed by atoms with Crippen LogP contribution in [0, 0.1) is 5.92 Å². The zero-order valence-corrected chi connectivity index (χ0v) is 24.0. The molecule has 4 aromatic rings. The van der Waals surface area contributed by atoms with Gasteiger partial charge in [-0.25, -0.2) is 4.57 Å². The van der Waals surface area contributed by atoms with Crippen LogP contribution >= 0.6 is 0 Å². The molecule has 2 nitrogen and oxygen atoms in total. The van der Waals surface area contributed by atoms with Gasteiger partial charge in [0.25, 0.3) is 5.65 Å². The smallest absolute Gasteiger partial charge is 0.216 e. The van der Waals surface area contributed by atoms with E-state index in [1.165, 1.54) is 65.1 Å². The van der Waals surface area contributed by atoms with E-state index in [-0.39, 0.29) is 16.4 Å². The Bertz CT molecular complexity index is 1420. The Labute approximate surface area is 218 Å². The molecule has 1 aliphatic rings. The van der Waals surface area contributed by atoms with Gasteiger partial charge in [0.2, 0.25) is 0 Å². The number of benzene rings is 2. The minimum Gasteiger partial charge on any atom is -0.216 e. The predicted molar refractivity (Wildman–Crippen MR) is 155 cm³/mol. The molecule has 0 N–H and O–H groups in total. The third-order valence-corrected chi connectivity index (χ3v) is 10.6. The van der Waals surface area contributed by atoms with Gasteiger partial charge in [0.15, 0.2) is 11.0 Å². The largest absolute Gasteiger partial charge is 0.295 e. The van der Waals surface area contributed by atoms with Gasteiger partial charge < -0.3 is 0 Å². The van der Waals surface area contributed by atoms with Crippen LogP contribution in [0.5, 0.6) is 0 Å². The van der Waals surface area contributed by atoms with Crippen LogP contribution in [0.4, 0.5) is 0 Å². The predicted octanol–water partition coefficient (Wildman–Crippen LogP) is 9.22. The van der Waals surface area contributed by atoms with Crippen LogP contribution in [0.3, 0.4) is 0 Å². The quantitative estimate of drug-likeness (QED) is 0.166. The van der Waals surface area contributed by atoms with Crippen molar-refractivity contribution in [2.45, 2.75) is 117 Å². The van der Waals surface area contributed by atoms with E-state index in [1.54, 1.807) is 5.56 Å². The fourth-order valence-corrected chi connectivity index (χ4v) is 7.91. The Morgan fingerprint density at radius 1 is 0.972 bits per heavy atom. The fourth-order valence-electron chi connectivity index (χ4n) is 7.91. The van der Waals surface area contributed by atoms with Gasteiger partial charge in [-0.05, 0) is 72.7 Å². The lowest BCUT2D eigenvalue weighted by molar-refractivity contribution is -0.738. The second-order valence-electron chi connectivity index (χ2n) is 12.4. The molecule has 2 unspecified atom stereocenters. The molecule has 0 amide bonds. The summed E-state index contributed by atoms with van der Waals surface area (Å²) in [7, 11) is 0. The molecule has 2 heteroatoms. The molecule has 2 aromatic carbocycles. The second kappa shape index (κ2) is 8.89. The molecule has 0 radical (unpaired) electrons. The zero-order chi connectivity index (χ0) is 25.9. The van der Waals surface area contributed by atoms with Gasteiger partial charge in [-0.15, -0.1) is 0 Å². The highest BCUT2D eigenvalue weighted by Crippen LogP contribution is 2.54. The Hall–Kier alpha value is -2.35. The van der Waals surface area contributed by atoms with Crippen LogP contribution in [-0.4, -0.2) is 4.40 Å². The highest BCUT2D eigenvalue weighted by molar-refractivity contribution is 5.99. The van der Waals surface area contributed by atoms with E-state index in [0.29, 0.717) is 5.92 Å². The lowest BCUT2D eigenvalue weighted by atomic mass is 9.56. The Morgan fingerprint density at radius 3 is 2.39 bits per heavy atom. The van der Waals surface area contributed by atoms with Gasteiger partial charge in [0.1, 0.15) is 5.54 Å². The Morgan fingerprint density at radius 2 is 1.72 bits per heavy atom. The number of aromatic nitrogens is 2. The molecule has 1 aliphatic heterocycles. The van der Waals surface area contributed by atoms with Crippen molar-refractivity contribution < 1.29 is 4.57 Å². The number of nitrogens with zero attached hydrogens (tertiary/aromatic N) is 2. The van der Waals surface area contributed by atoms with Crippen molar-refractivity contribution in [3.8, 4) is 0 Å². The maximum Gasteiger partial charge on any atom is 0.295 e. The van der Waals surface area contributed by atoms with Crippen molar-refractivity contribution in [2.24, 2.45) is 5.92 Å². The molecule has 0 fully saturated rings. The molecule has 0 aliphatic carbocycles. The van der Waals surface area contributed by atoms with Crippen LogP contribution in [-0.2, 0) is 16.4 Å². The van der Waals surface area contributed by atoms with Gasteiger partial charge in [-0.3, -0.25) is 0 Å². The zero-order valence-electron chi connectivity index (χ0n) is 24.0. The first-order valence-electron chi connectivity index (χ1n) is 14.6. The van der Waals surface area contributed by atoms with Crippen LogP contribution in [0.1, 0.15) is 111 Å². The number of rotatable bonds is 9. The Kier molecular flexibility index (Phi) is 6.25. The van der Waals surface area contributed by atoms with E-state index in [2.05, 4.69) is 113 Å². The molecule has 2 aromatic heterocycles. The monoisotopic (exact) mass is 483 g/mol. The lowest BCUT2D eigenvalue weighted by Gasteiger charge is -2.52. The molecule has 0 bridgehead atoms. The standard InChI is InChI=1S/C34H47N2/c1-9-13-14-21-32(6,7)26-18-19-28-29(23-26)35-22-20-25-16-15-17-27-30(25)31(35)36(28)33(8,24(5)10-2)34(27,11-3)12-4/h15-20,22-24H,9-14,21H2,1-8H3/q+1. The van der Waals surface area contributed by atoms with Crippen molar-refractivity contribution in [3.63, 3.8) is 0 Å². The van der Waals surface area contributed by atoms with Gasteiger partial charge in [0, 0.05) is 11.3 Å². The maximum atomic E-state index is 2.78. The van der Waals surface area contributed by atoms with Crippen LogP contribution < -0.4 is 4.57 Å². The van der Waals surface area contributed by atoms with Gasteiger partial charge >= 0.3 is 0 Å². The molecular formula is C34H47N2+. The molecule has 36 heavy (non-hydrogen) atoms. The van der Waals surface area contributed by atoms with Crippen molar-refractivity contribution in [1.29, 1.82) is 0 Å². The van der Waals surface area contributed by atoms with E-state index in [1.807, 2.05) is 0 Å².